The van der Waals surface area contributed by atoms with Crippen molar-refractivity contribution in [3.8, 4) is 11.6 Å². The van der Waals surface area contributed by atoms with E-state index in [1.807, 2.05) is 31.2 Å². The lowest BCUT2D eigenvalue weighted by atomic mass is 10.2. The highest BCUT2D eigenvalue weighted by atomic mass is 35.5. The van der Waals surface area contributed by atoms with E-state index < -0.39 is 0 Å². The van der Waals surface area contributed by atoms with E-state index in [0.717, 1.165) is 16.9 Å². The molecule has 17 heavy (non-hydrogen) atoms. The highest BCUT2D eigenvalue weighted by molar-refractivity contribution is 6.30. The summed E-state index contributed by atoms with van der Waals surface area (Å²) in [4.78, 5) is 0. The molecular weight excluding hydrogens is 238 g/mol. The number of halogens is 1. The molecule has 1 heterocycles. The van der Waals surface area contributed by atoms with E-state index >= 15 is 0 Å². The third kappa shape index (κ3) is 2.14. The van der Waals surface area contributed by atoms with Gasteiger partial charge < -0.3 is 10.5 Å². The molecule has 2 aromatic rings. The van der Waals surface area contributed by atoms with E-state index in [1.165, 1.54) is 0 Å². The molecule has 0 unspecified atom stereocenters. The Balaban J connectivity index is 2.59. The fourth-order valence-corrected chi connectivity index (χ4v) is 1.95. The monoisotopic (exact) mass is 251 g/mol. The first kappa shape index (κ1) is 12.0. The second kappa shape index (κ2) is 4.77. The van der Waals surface area contributed by atoms with Gasteiger partial charge in [-0.15, -0.1) is 0 Å². The highest BCUT2D eigenvalue weighted by Crippen LogP contribution is 2.26. The first-order valence-corrected chi connectivity index (χ1v) is 5.63. The van der Waals surface area contributed by atoms with Gasteiger partial charge in [-0.05, 0) is 25.1 Å². The summed E-state index contributed by atoms with van der Waals surface area (Å²) in [5.41, 5.74) is 8.32. The summed E-state index contributed by atoms with van der Waals surface area (Å²) in [6, 6.07) is 7.44. The standard InChI is InChI=1S/C12H14ClN3O/c1-8-11(7-14)12(17-2)16(15-8)10-5-3-4-9(13)6-10/h3-6H,7,14H2,1-2H3. The third-order valence-electron chi connectivity index (χ3n) is 2.59. The van der Waals surface area contributed by atoms with Crippen molar-refractivity contribution in [3.63, 3.8) is 0 Å². The molecule has 90 valence electrons. The number of benzene rings is 1. The van der Waals surface area contributed by atoms with E-state index in [1.54, 1.807) is 11.8 Å². The molecule has 0 atom stereocenters. The van der Waals surface area contributed by atoms with E-state index in [4.69, 9.17) is 22.1 Å². The van der Waals surface area contributed by atoms with Crippen LogP contribution in [-0.4, -0.2) is 16.9 Å². The van der Waals surface area contributed by atoms with E-state index in [-0.39, 0.29) is 0 Å². The lowest BCUT2D eigenvalue weighted by molar-refractivity contribution is 0.379. The molecular formula is C12H14ClN3O. The van der Waals surface area contributed by atoms with Crippen LogP contribution < -0.4 is 10.5 Å². The lowest BCUT2D eigenvalue weighted by Crippen LogP contribution is -2.02. The molecule has 0 radical (unpaired) electrons. The zero-order valence-electron chi connectivity index (χ0n) is 9.77. The fraction of sp³-hybridized carbons (Fsp3) is 0.250. The van der Waals surface area contributed by atoms with Crippen LogP contribution >= 0.6 is 11.6 Å². The van der Waals surface area contributed by atoms with Gasteiger partial charge in [0, 0.05) is 11.6 Å². The van der Waals surface area contributed by atoms with Crippen molar-refractivity contribution in [3.05, 3.63) is 40.5 Å². The van der Waals surface area contributed by atoms with Crippen LogP contribution in [0.1, 0.15) is 11.3 Å². The van der Waals surface area contributed by atoms with Gasteiger partial charge in [0.15, 0.2) is 0 Å². The minimum Gasteiger partial charge on any atom is -0.481 e. The van der Waals surface area contributed by atoms with Crippen molar-refractivity contribution in [2.45, 2.75) is 13.5 Å². The van der Waals surface area contributed by atoms with Crippen LogP contribution in [-0.2, 0) is 6.54 Å². The molecule has 0 aliphatic carbocycles. The predicted molar refractivity (Wildman–Crippen MR) is 67.8 cm³/mol. The molecule has 0 aliphatic heterocycles. The average Bonchev–Trinajstić information content (AvgIpc) is 2.65. The van der Waals surface area contributed by atoms with Crippen molar-refractivity contribution >= 4 is 11.6 Å². The molecule has 4 nitrogen and oxygen atoms in total. The van der Waals surface area contributed by atoms with Crippen molar-refractivity contribution in [1.29, 1.82) is 0 Å². The van der Waals surface area contributed by atoms with Gasteiger partial charge in [-0.2, -0.15) is 5.10 Å². The van der Waals surface area contributed by atoms with Gasteiger partial charge in [0.1, 0.15) is 0 Å². The Morgan fingerprint density at radius 3 is 2.82 bits per heavy atom. The Bertz CT molecular complexity index is 537. The normalized spacial score (nSPS) is 10.6. The zero-order valence-corrected chi connectivity index (χ0v) is 10.5. The molecule has 1 aromatic heterocycles. The maximum Gasteiger partial charge on any atom is 0.221 e. The molecule has 5 heteroatoms. The third-order valence-corrected chi connectivity index (χ3v) is 2.82. The summed E-state index contributed by atoms with van der Waals surface area (Å²) in [7, 11) is 1.61. The second-order valence-electron chi connectivity index (χ2n) is 3.67. The lowest BCUT2D eigenvalue weighted by Gasteiger charge is -2.07. The van der Waals surface area contributed by atoms with E-state index in [2.05, 4.69) is 5.10 Å². The number of nitrogens with two attached hydrogens (primary N) is 1. The summed E-state index contributed by atoms with van der Waals surface area (Å²) in [5.74, 6) is 0.660. The fourth-order valence-electron chi connectivity index (χ4n) is 1.77. The van der Waals surface area contributed by atoms with Crippen molar-refractivity contribution in [2.24, 2.45) is 5.73 Å². The molecule has 0 fully saturated rings. The zero-order chi connectivity index (χ0) is 12.4. The van der Waals surface area contributed by atoms with Crippen LogP contribution in [0.25, 0.3) is 5.69 Å². The SMILES string of the molecule is COc1c(CN)c(C)nn1-c1cccc(Cl)c1. The Morgan fingerprint density at radius 1 is 1.47 bits per heavy atom. The van der Waals surface area contributed by atoms with Crippen molar-refractivity contribution < 1.29 is 4.74 Å². The van der Waals surface area contributed by atoms with Crippen LogP contribution in [0.5, 0.6) is 5.88 Å². The molecule has 1 aromatic carbocycles. The van der Waals surface area contributed by atoms with E-state index in [9.17, 15) is 0 Å². The van der Waals surface area contributed by atoms with Crippen molar-refractivity contribution in [1.82, 2.24) is 9.78 Å². The minimum absolute atomic E-state index is 0.398. The Morgan fingerprint density at radius 2 is 2.24 bits per heavy atom. The van der Waals surface area contributed by atoms with Crippen LogP contribution in [0.4, 0.5) is 0 Å². The van der Waals surface area contributed by atoms with Crippen molar-refractivity contribution in [2.75, 3.05) is 7.11 Å². The van der Waals surface area contributed by atoms with Crippen LogP contribution in [0.15, 0.2) is 24.3 Å². The topological polar surface area (TPSA) is 53.1 Å². The number of aromatic nitrogens is 2. The van der Waals surface area contributed by atoms with Crippen LogP contribution in [0.2, 0.25) is 5.02 Å². The number of hydrogen-bond acceptors (Lipinski definition) is 3. The Hall–Kier alpha value is -1.52. The molecule has 0 spiro atoms. The van der Waals surface area contributed by atoms with Gasteiger partial charge in [-0.25, -0.2) is 4.68 Å². The Kier molecular flexibility index (Phi) is 3.36. The maximum absolute atomic E-state index is 5.96. The molecule has 2 rings (SSSR count). The number of rotatable bonds is 3. The van der Waals surface area contributed by atoms with Gasteiger partial charge in [0.05, 0.1) is 24.1 Å². The maximum atomic E-state index is 5.96. The second-order valence-corrected chi connectivity index (χ2v) is 4.11. The summed E-state index contributed by atoms with van der Waals surface area (Å²) in [5, 5.41) is 5.08. The number of aryl methyl sites for hydroxylation is 1. The molecule has 0 saturated carbocycles. The summed E-state index contributed by atoms with van der Waals surface area (Å²) < 4.78 is 7.07. The van der Waals surface area contributed by atoms with Gasteiger partial charge in [-0.3, -0.25) is 0 Å². The average molecular weight is 252 g/mol. The van der Waals surface area contributed by atoms with Gasteiger partial charge in [0.25, 0.3) is 0 Å². The first-order chi connectivity index (χ1) is 8.17. The summed E-state index contributed by atoms with van der Waals surface area (Å²) in [6.45, 7) is 2.31. The Labute approximate surface area is 105 Å². The molecule has 0 bridgehead atoms. The number of methoxy groups -OCH3 is 1. The molecule has 0 saturated heterocycles. The van der Waals surface area contributed by atoms with Gasteiger partial charge in [-0.1, -0.05) is 17.7 Å². The molecule has 2 N–H and O–H groups in total. The highest BCUT2D eigenvalue weighted by Gasteiger charge is 2.15. The van der Waals surface area contributed by atoms with E-state index in [0.29, 0.717) is 17.4 Å². The van der Waals surface area contributed by atoms with Gasteiger partial charge >= 0.3 is 0 Å². The van der Waals surface area contributed by atoms with Crippen LogP contribution in [0.3, 0.4) is 0 Å². The minimum atomic E-state index is 0.398. The summed E-state index contributed by atoms with van der Waals surface area (Å²) >= 11 is 5.96. The number of nitrogens with zero attached hydrogens (tertiary/aromatic N) is 2. The van der Waals surface area contributed by atoms with Crippen LogP contribution in [0, 0.1) is 6.92 Å². The number of ether oxygens (including phenoxy) is 1. The smallest absolute Gasteiger partial charge is 0.221 e. The molecule has 0 aliphatic rings. The largest absolute Gasteiger partial charge is 0.481 e. The summed E-state index contributed by atoms with van der Waals surface area (Å²) in [6.07, 6.45) is 0. The first-order valence-electron chi connectivity index (χ1n) is 5.26. The van der Waals surface area contributed by atoms with Gasteiger partial charge in [0.2, 0.25) is 5.88 Å². The molecule has 0 amide bonds. The number of hydrogen-bond donors (Lipinski definition) is 1. The quantitative estimate of drug-likeness (QED) is 0.911. The predicted octanol–water partition coefficient (Wildman–Crippen LogP) is 2.30.